The summed E-state index contributed by atoms with van der Waals surface area (Å²) in [6.45, 7) is 8.13. The molecule has 2 nitrogen and oxygen atoms in total. The Bertz CT molecular complexity index is 388. The second-order valence-corrected chi connectivity index (χ2v) is 5.33. The van der Waals surface area contributed by atoms with Crippen LogP contribution in [0.3, 0.4) is 0 Å². The highest BCUT2D eigenvalue weighted by atomic mass is 79.9. The number of aryl methyl sites for hydroxylation is 2. The number of nitrogens with one attached hydrogen (secondary N) is 1. The molecule has 1 aromatic rings. The van der Waals surface area contributed by atoms with Crippen molar-refractivity contribution in [2.24, 2.45) is 5.92 Å². The van der Waals surface area contributed by atoms with E-state index < -0.39 is 0 Å². The van der Waals surface area contributed by atoms with E-state index in [9.17, 15) is 4.79 Å². The number of anilines is 1. The molecule has 1 aromatic carbocycles. The fraction of sp³-hybridized carbons (Fsp3) is 0.500. The molecule has 0 aliphatic carbocycles. The first-order valence-electron chi connectivity index (χ1n) is 6.07. The molecule has 1 N–H and O–H groups in total. The second-order valence-electron chi connectivity index (χ2n) is 4.42. The van der Waals surface area contributed by atoms with Crippen molar-refractivity contribution in [3.8, 4) is 0 Å². The average Bonchev–Trinajstić information content (AvgIpc) is 2.25. The molecule has 3 heteroatoms. The molecule has 0 saturated heterocycles. The van der Waals surface area contributed by atoms with Crippen molar-refractivity contribution >= 4 is 27.5 Å². The normalized spacial score (nSPS) is 10.7. The molecule has 1 rings (SSSR count). The van der Waals surface area contributed by atoms with Crippen LogP contribution >= 0.6 is 15.9 Å². The maximum absolute atomic E-state index is 12.0. The van der Waals surface area contributed by atoms with Crippen molar-refractivity contribution in [1.29, 1.82) is 0 Å². The molecule has 94 valence electrons. The smallest absolute Gasteiger partial charge is 0.227 e. The van der Waals surface area contributed by atoms with Crippen molar-refractivity contribution in [2.45, 2.75) is 40.5 Å². The van der Waals surface area contributed by atoms with Gasteiger partial charge in [-0.1, -0.05) is 29.8 Å². The number of amides is 1. The third kappa shape index (κ3) is 3.56. The Labute approximate surface area is 112 Å². The van der Waals surface area contributed by atoms with Gasteiger partial charge in [-0.3, -0.25) is 4.79 Å². The van der Waals surface area contributed by atoms with Gasteiger partial charge >= 0.3 is 0 Å². The maximum atomic E-state index is 12.0. The largest absolute Gasteiger partial charge is 0.325 e. The van der Waals surface area contributed by atoms with Crippen molar-refractivity contribution in [3.63, 3.8) is 0 Å². The summed E-state index contributed by atoms with van der Waals surface area (Å²) in [6, 6.07) is 4.05. The van der Waals surface area contributed by atoms with Crippen LogP contribution in [0.5, 0.6) is 0 Å². The quantitative estimate of drug-likeness (QED) is 0.874. The summed E-state index contributed by atoms with van der Waals surface area (Å²) >= 11 is 3.46. The van der Waals surface area contributed by atoms with Crippen molar-refractivity contribution in [2.75, 3.05) is 5.32 Å². The van der Waals surface area contributed by atoms with Crippen molar-refractivity contribution in [1.82, 2.24) is 0 Å². The van der Waals surface area contributed by atoms with Gasteiger partial charge in [-0.05, 0) is 49.9 Å². The first kappa shape index (κ1) is 14.2. The van der Waals surface area contributed by atoms with E-state index in [4.69, 9.17) is 0 Å². The molecule has 17 heavy (non-hydrogen) atoms. The highest BCUT2D eigenvalue weighted by Gasteiger charge is 2.16. The zero-order valence-electron chi connectivity index (χ0n) is 10.9. The summed E-state index contributed by atoms with van der Waals surface area (Å²) in [6.07, 6.45) is 1.77. The number of halogens is 1. The zero-order valence-corrected chi connectivity index (χ0v) is 12.5. The SMILES string of the molecule is CCC(CC)C(=O)Nc1c(C)cc(Br)cc1C. The Morgan fingerprint density at radius 3 is 2.12 bits per heavy atom. The predicted molar refractivity (Wildman–Crippen MR) is 76.3 cm³/mol. The van der Waals surface area contributed by atoms with Gasteiger partial charge in [0.05, 0.1) is 0 Å². The van der Waals surface area contributed by atoms with Crippen LogP contribution in [0.1, 0.15) is 37.8 Å². The molecule has 0 heterocycles. The molecule has 0 bridgehead atoms. The van der Waals surface area contributed by atoms with Gasteiger partial charge < -0.3 is 5.32 Å². The number of carbonyl (C=O) groups is 1. The van der Waals surface area contributed by atoms with Gasteiger partial charge in [0, 0.05) is 16.1 Å². The first-order chi connectivity index (χ1) is 7.99. The minimum absolute atomic E-state index is 0.109. The van der Waals surface area contributed by atoms with E-state index in [0.29, 0.717) is 0 Å². The minimum Gasteiger partial charge on any atom is -0.325 e. The molecule has 0 unspecified atom stereocenters. The van der Waals surface area contributed by atoms with Gasteiger partial charge in [0.25, 0.3) is 0 Å². The number of hydrogen-bond acceptors (Lipinski definition) is 1. The van der Waals surface area contributed by atoms with E-state index >= 15 is 0 Å². The highest BCUT2D eigenvalue weighted by Crippen LogP contribution is 2.26. The average molecular weight is 298 g/mol. The lowest BCUT2D eigenvalue weighted by Gasteiger charge is -2.16. The minimum atomic E-state index is 0.109. The van der Waals surface area contributed by atoms with Gasteiger partial charge in [0.2, 0.25) is 5.91 Å². The fourth-order valence-electron chi connectivity index (χ4n) is 1.99. The van der Waals surface area contributed by atoms with Gasteiger partial charge in [0.1, 0.15) is 0 Å². The molecular weight excluding hydrogens is 278 g/mol. The lowest BCUT2D eigenvalue weighted by Crippen LogP contribution is -2.22. The summed E-state index contributed by atoms with van der Waals surface area (Å²) in [4.78, 5) is 12.0. The molecule has 0 fully saturated rings. The summed E-state index contributed by atoms with van der Waals surface area (Å²) in [5, 5.41) is 3.05. The fourth-order valence-corrected chi connectivity index (χ4v) is 2.68. The van der Waals surface area contributed by atoms with Crippen LogP contribution in [0, 0.1) is 19.8 Å². The predicted octanol–water partition coefficient (Wildman–Crippen LogP) is 4.44. The second kappa shape index (κ2) is 6.20. The van der Waals surface area contributed by atoms with Crippen LogP contribution in [0.2, 0.25) is 0 Å². The van der Waals surface area contributed by atoms with Crippen LogP contribution in [-0.4, -0.2) is 5.91 Å². The van der Waals surface area contributed by atoms with Crippen molar-refractivity contribution < 1.29 is 4.79 Å². The maximum Gasteiger partial charge on any atom is 0.227 e. The third-order valence-electron chi connectivity index (χ3n) is 3.10. The summed E-state index contributed by atoms with van der Waals surface area (Å²) in [5.74, 6) is 0.237. The van der Waals surface area contributed by atoms with E-state index in [0.717, 1.165) is 34.1 Å². The number of hydrogen-bond donors (Lipinski definition) is 1. The summed E-state index contributed by atoms with van der Waals surface area (Å²) in [5.41, 5.74) is 3.14. The van der Waals surface area contributed by atoms with Crippen LogP contribution in [0.15, 0.2) is 16.6 Å². The van der Waals surface area contributed by atoms with Gasteiger partial charge in [-0.25, -0.2) is 0 Å². The molecule has 0 aromatic heterocycles. The topological polar surface area (TPSA) is 29.1 Å². The van der Waals surface area contributed by atoms with Gasteiger partial charge in [0.15, 0.2) is 0 Å². The number of carbonyl (C=O) groups excluding carboxylic acids is 1. The van der Waals surface area contributed by atoms with Gasteiger partial charge in [-0.15, -0.1) is 0 Å². The van der Waals surface area contributed by atoms with Crippen LogP contribution in [-0.2, 0) is 4.79 Å². The summed E-state index contributed by atoms with van der Waals surface area (Å²) in [7, 11) is 0. The lowest BCUT2D eigenvalue weighted by molar-refractivity contribution is -0.120. The molecule has 0 saturated carbocycles. The molecule has 0 atom stereocenters. The monoisotopic (exact) mass is 297 g/mol. The van der Waals surface area contributed by atoms with E-state index in [2.05, 4.69) is 35.1 Å². The molecule has 0 radical (unpaired) electrons. The van der Waals surface area contributed by atoms with Crippen LogP contribution in [0.4, 0.5) is 5.69 Å². The van der Waals surface area contributed by atoms with E-state index in [1.165, 1.54) is 0 Å². The number of benzene rings is 1. The lowest BCUT2D eigenvalue weighted by atomic mass is 10.0. The zero-order chi connectivity index (χ0) is 13.0. The first-order valence-corrected chi connectivity index (χ1v) is 6.86. The highest BCUT2D eigenvalue weighted by molar-refractivity contribution is 9.10. The molecule has 0 aliphatic rings. The Morgan fingerprint density at radius 1 is 1.24 bits per heavy atom. The van der Waals surface area contributed by atoms with E-state index in [-0.39, 0.29) is 11.8 Å². The number of rotatable bonds is 4. The molecular formula is C14H20BrNO. The van der Waals surface area contributed by atoms with Crippen LogP contribution < -0.4 is 5.32 Å². The van der Waals surface area contributed by atoms with E-state index in [1.54, 1.807) is 0 Å². The standard InChI is InChI=1S/C14H20BrNO/c1-5-11(6-2)14(17)16-13-9(3)7-12(15)8-10(13)4/h7-8,11H,5-6H2,1-4H3,(H,16,17). The van der Waals surface area contributed by atoms with Crippen LogP contribution in [0.25, 0.3) is 0 Å². The third-order valence-corrected chi connectivity index (χ3v) is 3.56. The Balaban J connectivity index is 2.92. The van der Waals surface area contributed by atoms with Gasteiger partial charge in [-0.2, -0.15) is 0 Å². The molecule has 0 spiro atoms. The van der Waals surface area contributed by atoms with E-state index in [1.807, 2.05) is 26.0 Å². The molecule has 1 amide bonds. The Hall–Kier alpha value is -0.830. The molecule has 0 aliphatic heterocycles. The van der Waals surface area contributed by atoms with Crippen molar-refractivity contribution in [3.05, 3.63) is 27.7 Å². The summed E-state index contributed by atoms with van der Waals surface area (Å²) < 4.78 is 1.05. The Kier molecular flexibility index (Phi) is 5.19. The Morgan fingerprint density at radius 2 is 1.71 bits per heavy atom.